The lowest BCUT2D eigenvalue weighted by atomic mass is 9.86. The molecule has 0 unspecified atom stereocenters. The molecule has 1 aromatic heterocycles. The molecule has 0 spiro atoms. The van der Waals surface area contributed by atoms with Gasteiger partial charge in [0.15, 0.2) is 0 Å². The van der Waals surface area contributed by atoms with Crippen LogP contribution in [0.3, 0.4) is 0 Å². The van der Waals surface area contributed by atoms with Crippen LogP contribution >= 0.6 is 11.6 Å². The average Bonchev–Trinajstić information content (AvgIpc) is 2.63. The summed E-state index contributed by atoms with van der Waals surface area (Å²) in [5, 5.41) is 5.02. The monoisotopic (exact) mass is 356 g/mol. The van der Waals surface area contributed by atoms with Gasteiger partial charge in [-0.05, 0) is 62.1 Å². The molecular formula is C21H25ClN2O. The summed E-state index contributed by atoms with van der Waals surface area (Å²) in [4.78, 5) is 17.5. The second-order valence-electron chi connectivity index (χ2n) is 7.63. The third kappa shape index (κ3) is 3.27. The highest BCUT2D eigenvalue weighted by atomic mass is 35.5. The van der Waals surface area contributed by atoms with Gasteiger partial charge in [0.25, 0.3) is 5.91 Å². The molecule has 2 atom stereocenters. The number of amides is 1. The van der Waals surface area contributed by atoms with E-state index >= 15 is 0 Å². The normalized spacial score (nSPS) is 23.3. The number of rotatable bonds is 2. The lowest BCUT2D eigenvalue weighted by Gasteiger charge is -2.29. The molecule has 25 heavy (non-hydrogen) atoms. The van der Waals surface area contributed by atoms with Crippen molar-refractivity contribution in [2.24, 2.45) is 5.92 Å². The van der Waals surface area contributed by atoms with Crippen molar-refractivity contribution in [1.29, 1.82) is 0 Å². The molecule has 1 N–H and O–H groups in total. The van der Waals surface area contributed by atoms with Crippen LogP contribution in [0.25, 0.3) is 10.9 Å². The fraction of sp³-hybridized carbons (Fsp3) is 0.524. The largest absolute Gasteiger partial charge is 0.349 e. The van der Waals surface area contributed by atoms with E-state index in [4.69, 9.17) is 16.6 Å². The Kier molecular flexibility index (Phi) is 4.68. The zero-order valence-corrected chi connectivity index (χ0v) is 15.5. The van der Waals surface area contributed by atoms with E-state index in [0.717, 1.165) is 40.9 Å². The SMILES string of the molecule is C[C@H]1CCCC[C@@H]1NC(=O)c1ccc2c(Cl)c3c(nc2c1)CCCC3. The van der Waals surface area contributed by atoms with Crippen LogP contribution in [0.4, 0.5) is 0 Å². The first kappa shape index (κ1) is 16.8. The van der Waals surface area contributed by atoms with Crippen LogP contribution in [0.1, 0.15) is 67.1 Å². The first-order valence-corrected chi connectivity index (χ1v) is 9.93. The molecule has 0 bridgehead atoms. The van der Waals surface area contributed by atoms with Gasteiger partial charge in [-0.1, -0.05) is 37.4 Å². The Hall–Kier alpha value is -1.61. The summed E-state index contributed by atoms with van der Waals surface area (Å²) in [7, 11) is 0. The Morgan fingerprint density at radius 1 is 1.16 bits per heavy atom. The Labute approximate surface area is 154 Å². The summed E-state index contributed by atoms with van der Waals surface area (Å²) in [6.45, 7) is 2.23. The molecule has 0 radical (unpaired) electrons. The minimum atomic E-state index is 0.0105. The van der Waals surface area contributed by atoms with E-state index in [1.54, 1.807) is 0 Å². The van der Waals surface area contributed by atoms with Gasteiger partial charge in [-0.2, -0.15) is 0 Å². The van der Waals surface area contributed by atoms with Crippen molar-refractivity contribution in [3.63, 3.8) is 0 Å². The molecule has 1 heterocycles. The molecule has 4 rings (SSSR count). The van der Waals surface area contributed by atoms with Gasteiger partial charge in [-0.15, -0.1) is 0 Å². The second kappa shape index (κ2) is 6.95. The van der Waals surface area contributed by atoms with Gasteiger partial charge in [0.2, 0.25) is 0 Å². The Morgan fingerprint density at radius 3 is 2.80 bits per heavy atom. The van der Waals surface area contributed by atoms with Crippen molar-refractivity contribution in [1.82, 2.24) is 10.3 Å². The fourth-order valence-corrected chi connectivity index (χ4v) is 4.65. The maximum absolute atomic E-state index is 12.7. The zero-order valence-electron chi connectivity index (χ0n) is 14.8. The maximum Gasteiger partial charge on any atom is 0.251 e. The first-order chi connectivity index (χ1) is 12.1. The van der Waals surface area contributed by atoms with E-state index < -0.39 is 0 Å². The van der Waals surface area contributed by atoms with Crippen molar-refractivity contribution in [3.8, 4) is 0 Å². The van der Waals surface area contributed by atoms with Crippen LogP contribution in [-0.4, -0.2) is 16.9 Å². The third-order valence-corrected chi connectivity index (χ3v) is 6.32. The molecule has 132 valence electrons. The molecule has 1 aromatic carbocycles. The number of carbonyl (C=O) groups excluding carboxylic acids is 1. The second-order valence-corrected chi connectivity index (χ2v) is 8.01. The molecule has 2 aliphatic carbocycles. The lowest BCUT2D eigenvalue weighted by Crippen LogP contribution is -2.41. The van der Waals surface area contributed by atoms with E-state index in [1.807, 2.05) is 18.2 Å². The van der Waals surface area contributed by atoms with Crippen molar-refractivity contribution in [2.45, 2.75) is 64.3 Å². The summed E-state index contributed by atoms with van der Waals surface area (Å²) in [6.07, 6.45) is 9.11. The Morgan fingerprint density at radius 2 is 1.96 bits per heavy atom. The standard InChI is InChI=1S/C21H25ClN2O/c1-13-6-2-4-8-17(13)24-21(25)14-10-11-16-19(12-14)23-18-9-5-3-7-15(18)20(16)22/h10-13,17H,2-9H2,1H3,(H,24,25)/t13-,17-/m0/s1. The molecule has 3 nitrogen and oxygen atoms in total. The summed E-state index contributed by atoms with van der Waals surface area (Å²) >= 11 is 6.63. The number of benzene rings is 1. The number of aromatic nitrogens is 1. The maximum atomic E-state index is 12.7. The smallest absolute Gasteiger partial charge is 0.251 e. The third-order valence-electron chi connectivity index (χ3n) is 5.88. The highest BCUT2D eigenvalue weighted by Gasteiger charge is 2.24. The summed E-state index contributed by atoms with van der Waals surface area (Å²) < 4.78 is 0. The number of nitrogens with one attached hydrogen (secondary N) is 1. The number of hydrogen-bond donors (Lipinski definition) is 1. The quantitative estimate of drug-likeness (QED) is 0.815. The Bertz CT molecular complexity index is 817. The minimum absolute atomic E-state index is 0.0105. The highest BCUT2D eigenvalue weighted by Crippen LogP contribution is 2.33. The van der Waals surface area contributed by atoms with E-state index in [2.05, 4.69) is 12.2 Å². The lowest BCUT2D eigenvalue weighted by molar-refractivity contribution is 0.0910. The topological polar surface area (TPSA) is 42.0 Å². The number of halogens is 1. The van der Waals surface area contributed by atoms with Crippen LogP contribution in [0.2, 0.25) is 5.02 Å². The van der Waals surface area contributed by atoms with Gasteiger partial charge in [-0.25, -0.2) is 0 Å². The predicted molar refractivity (Wildman–Crippen MR) is 102 cm³/mol. The van der Waals surface area contributed by atoms with Crippen molar-refractivity contribution >= 4 is 28.4 Å². The van der Waals surface area contributed by atoms with Crippen molar-refractivity contribution < 1.29 is 4.79 Å². The average molecular weight is 357 g/mol. The van der Waals surface area contributed by atoms with E-state index in [9.17, 15) is 4.79 Å². The van der Waals surface area contributed by atoms with E-state index in [0.29, 0.717) is 11.5 Å². The molecular weight excluding hydrogens is 332 g/mol. The fourth-order valence-electron chi connectivity index (χ4n) is 4.29. The Balaban J connectivity index is 1.63. The van der Waals surface area contributed by atoms with Crippen LogP contribution in [0.15, 0.2) is 18.2 Å². The van der Waals surface area contributed by atoms with Crippen LogP contribution < -0.4 is 5.32 Å². The molecule has 0 aliphatic heterocycles. The van der Waals surface area contributed by atoms with Crippen LogP contribution in [0.5, 0.6) is 0 Å². The number of carbonyl (C=O) groups is 1. The summed E-state index contributed by atoms with van der Waals surface area (Å²) in [5.74, 6) is 0.564. The van der Waals surface area contributed by atoms with E-state index in [1.165, 1.54) is 37.7 Å². The number of hydrogen-bond acceptors (Lipinski definition) is 2. The number of pyridine rings is 1. The van der Waals surface area contributed by atoms with Crippen LogP contribution in [-0.2, 0) is 12.8 Å². The van der Waals surface area contributed by atoms with Gasteiger partial charge >= 0.3 is 0 Å². The molecule has 1 amide bonds. The van der Waals surface area contributed by atoms with Crippen LogP contribution in [0, 0.1) is 5.92 Å². The van der Waals surface area contributed by atoms with Crippen molar-refractivity contribution in [3.05, 3.63) is 40.0 Å². The molecule has 2 aliphatic rings. The van der Waals surface area contributed by atoms with Gasteiger partial charge in [0, 0.05) is 22.7 Å². The zero-order chi connectivity index (χ0) is 17.4. The van der Waals surface area contributed by atoms with E-state index in [-0.39, 0.29) is 11.9 Å². The molecule has 1 fully saturated rings. The van der Waals surface area contributed by atoms with Gasteiger partial charge in [-0.3, -0.25) is 9.78 Å². The van der Waals surface area contributed by atoms with Gasteiger partial charge in [0.05, 0.1) is 10.5 Å². The summed E-state index contributed by atoms with van der Waals surface area (Å²) in [5.41, 5.74) is 3.84. The minimum Gasteiger partial charge on any atom is -0.349 e. The first-order valence-electron chi connectivity index (χ1n) is 9.55. The molecule has 4 heteroatoms. The number of aryl methyl sites for hydroxylation is 1. The molecule has 2 aromatic rings. The predicted octanol–water partition coefficient (Wildman–Crippen LogP) is 5.08. The molecule has 1 saturated carbocycles. The number of fused-ring (bicyclic) bond motifs is 2. The molecule has 0 saturated heterocycles. The van der Waals surface area contributed by atoms with Crippen molar-refractivity contribution in [2.75, 3.05) is 0 Å². The van der Waals surface area contributed by atoms with Gasteiger partial charge < -0.3 is 5.32 Å². The van der Waals surface area contributed by atoms with Gasteiger partial charge in [0.1, 0.15) is 0 Å². The summed E-state index contributed by atoms with van der Waals surface area (Å²) in [6, 6.07) is 6.03. The highest BCUT2D eigenvalue weighted by molar-refractivity contribution is 6.36. The number of nitrogens with zero attached hydrogens (tertiary/aromatic N) is 1.